The highest BCUT2D eigenvalue weighted by Gasteiger charge is 2.19. The van der Waals surface area contributed by atoms with Crippen LogP contribution in [-0.2, 0) is 19.5 Å². The summed E-state index contributed by atoms with van der Waals surface area (Å²) in [7, 11) is 0. The van der Waals surface area contributed by atoms with Crippen LogP contribution in [0.3, 0.4) is 0 Å². The van der Waals surface area contributed by atoms with Crippen LogP contribution >= 0.6 is 0 Å². The molecule has 1 aromatic heterocycles. The number of aromatic nitrogens is 2. The highest BCUT2D eigenvalue weighted by Crippen LogP contribution is 2.12. The zero-order valence-electron chi connectivity index (χ0n) is 14.8. The normalized spacial score (nSPS) is 16.0. The largest absolute Gasteiger partial charge is 0.338 e. The summed E-state index contributed by atoms with van der Waals surface area (Å²) < 4.78 is 5.37. The second kappa shape index (κ2) is 8.75. The summed E-state index contributed by atoms with van der Waals surface area (Å²) in [6.45, 7) is 7.89. The Bertz CT molecular complexity index is 695. The molecule has 3 rings (SSSR count). The monoisotopic (exact) mass is 339 g/mol. The number of benzene rings is 1. The predicted molar refractivity (Wildman–Crippen MR) is 94.6 cm³/mol. The van der Waals surface area contributed by atoms with E-state index in [1.165, 1.54) is 5.56 Å². The summed E-state index contributed by atoms with van der Waals surface area (Å²) in [6.07, 6.45) is 3.15. The topological polar surface area (TPSA) is 69.2 Å². The molecule has 1 fully saturated rings. The van der Waals surface area contributed by atoms with Crippen LogP contribution in [0.5, 0.6) is 0 Å². The van der Waals surface area contributed by atoms with Gasteiger partial charge in [0, 0.05) is 39.1 Å². The van der Waals surface area contributed by atoms with E-state index in [0.717, 1.165) is 70.2 Å². The van der Waals surface area contributed by atoms with Crippen molar-refractivity contribution in [3.63, 3.8) is 0 Å². The summed E-state index contributed by atoms with van der Waals surface area (Å²) >= 11 is 0. The molecule has 1 aliphatic rings. The van der Waals surface area contributed by atoms with Crippen LogP contribution in [-0.4, -0.2) is 46.1 Å². The van der Waals surface area contributed by atoms with Gasteiger partial charge < -0.3 is 4.52 Å². The third kappa shape index (κ3) is 5.12. The minimum atomic E-state index is 0.714. The molecule has 0 bridgehead atoms. The molecule has 0 aliphatic carbocycles. The van der Waals surface area contributed by atoms with Crippen molar-refractivity contribution < 1.29 is 4.52 Å². The number of aryl methyl sites for hydroxylation is 1. The van der Waals surface area contributed by atoms with Gasteiger partial charge in [0.05, 0.1) is 18.2 Å². The van der Waals surface area contributed by atoms with Crippen LogP contribution in [0.25, 0.3) is 0 Å². The second-order valence-electron chi connectivity index (χ2n) is 6.57. The zero-order valence-corrected chi connectivity index (χ0v) is 14.8. The van der Waals surface area contributed by atoms with Crippen molar-refractivity contribution in [3.05, 3.63) is 47.1 Å². The molecular weight excluding hydrogens is 314 g/mol. The van der Waals surface area contributed by atoms with Crippen LogP contribution in [0.2, 0.25) is 0 Å². The fraction of sp³-hybridized carbons (Fsp3) is 0.526. The Labute approximate surface area is 149 Å². The van der Waals surface area contributed by atoms with Crippen LogP contribution in [0.1, 0.15) is 42.6 Å². The number of nitrogens with zero attached hydrogens (tertiary/aromatic N) is 5. The first kappa shape index (κ1) is 17.6. The lowest BCUT2D eigenvalue weighted by Crippen LogP contribution is -2.45. The lowest BCUT2D eigenvalue weighted by Gasteiger charge is -2.33. The fourth-order valence-electron chi connectivity index (χ4n) is 3.03. The smallest absolute Gasteiger partial charge is 0.240 e. The van der Waals surface area contributed by atoms with E-state index >= 15 is 0 Å². The van der Waals surface area contributed by atoms with Gasteiger partial charge in [0.15, 0.2) is 5.82 Å². The van der Waals surface area contributed by atoms with Gasteiger partial charge in [-0.3, -0.25) is 9.80 Å². The summed E-state index contributed by atoms with van der Waals surface area (Å²) in [5.74, 6) is 1.56. The fourth-order valence-corrected chi connectivity index (χ4v) is 3.03. The van der Waals surface area contributed by atoms with Gasteiger partial charge in [-0.25, -0.2) is 0 Å². The van der Waals surface area contributed by atoms with Crippen molar-refractivity contribution in [1.82, 2.24) is 19.9 Å². The van der Waals surface area contributed by atoms with Crippen molar-refractivity contribution in [1.29, 1.82) is 5.26 Å². The molecule has 0 amide bonds. The highest BCUT2D eigenvalue weighted by molar-refractivity contribution is 5.31. The molecule has 0 unspecified atom stereocenters. The van der Waals surface area contributed by atoms with E-state index in [-0.39, 0.29) is 0 Å². The maximum Gasteiger partial charge on any atom is 0.240 e. The quantitative estimate of drug-likeness (QED) is 0.772. The Morgan fingerprint density at radius 3 is 2.40 bits per heavy atom. The van der Waals surface area contributed by atoms with E-state index < -0.39 is 0 Å². The lowest BCUT2D eigenvalue weighted by molar-refractivity contribution is 0.112. The predicted octanol–water partition coefficient (Wildman–Crippen LogP) is 2.60. The molecule has 1 aliphatic heterocycles. The molecule has 25 heavy (non-hydrogen) atoms. The van der Waals surface area contributed by atoms with Gasteiger partial charge in [-0.1, -0.05) is 30.6 Å². The van der Waals surface area contributed by atoms with E-state index in [9.17, 15) is 0 Å². The van der Waals surface area contributed by atoms with Crippen LogP contribution in [0, 0.1) is 11.3 Å². The standard InChI is InChI=1S/C19H25N5O/c1-2-3-4-18-21-19(25-22-18)15-24-11-9-23(10-12-24)14-17-7-5-16(13-20)6-8-17/h5-8H,2-4,9-12,14-15H2,1H3. The Balaban J connectivity index is 1.43. The first-order chi connectivity index (χ1) is 12.3. The van der Waals surface area contributed by atoms with E-state index in [2.05, 4.69) is 32.9 Å². The Morgan fingerprint density at radius 1 is 1.08 bits per heavy atom. The first-order valence-corrected chi connectivity index (χ1v) is 9.02. The third-order valence-corrected chi connectivity index (χ3v) is 4.58. The van der Waals surface area contributed by atoms with Crippen molar-refractivity contribution >= 4 is 0 Å². The molecule has 0 radical (unpaired) electrons. The average molecular weight is 339 g/mol. The van der Waals surface area contributed by atoms with Gasteiger partial charge in [0.2, 0.25) is 5.89 Å². The van der Waals surface area contributed by atoms with Crippen LogP contribution in [0.15, 0.2) is 28.8 Å². The van der Waals surface area contributed by atoms with Gasteiger partial charge in [0.1, 0.15) is 0 Å². The number of nitriles is 1. The third-order valence-electron chi connectivity index (χ3n) is 4.58. The highest BCUT2D eigenvalue weighted by atomic mass is 16.5. The number of hydrogen-bond acceptors (Lipinski definition) is 6. The number of piperazine rings is 1. The molecule has 132 valence electrons. The van der Waals surface area contributed by atoms with Crippen molar-refractivity contribution in [2.75, 3.05) is 26.2 Å². The molecular formula is C19H25N5O. The Kier molecular flexibility index (Phi) is 6.15. The van der Waals surface area contributed by atoms with Gasteiger partial charge >= 0.3 is 0 Å². The summed E-state index contributed by atoms with van der Waals surface area (Å²) in [6, 6.07) is 10.0. The number of rotatable bonds is 7. The van der Waals surface area contributed by atoms with E-state index in [0.29, 0.717) is 5.56 Å². The minimum Gasteiger partial charge on any atom is -0.338 e. The summed E-state index contributed by atoms with van der Waals surface area (Å²) in [5, 5.41) is 12.9. The van der Waals surface area contributed by atoms with E-state index in [1.807, 2.05) is 24.3 Å². The number of unbranched alkanes of at least 4 members (excludes halogenated alkanes) is 1. The van der Waals surface area contributed by atoms with E-state index in [4.69, 9.17) is 9.78 Å². The van der Waals surface area contributed by atoms with Gasteiger partial charge in [-0.2, -0.15) is 10.2 Å². The van der Waals surface area contributed by atoms with Crippen molar-refractivity contribution in [2.45, 2.75) is 39.3 Å². The summed E-state index contributed by atoms with van der Waals surface area (Å²) in [4.78, 5) is 9.30. The van der Waals surface area contributed by atoms with Gasteiger partial charge in [-0.05, 0) is 24.1 Å². The molecule has 0 saturated carbocycles. The molecule has 1 saturated heterocycles. The maximum absolute atomic E-state index is 8.86. The average Bonchev–Trinajstić information content (AvgIpc) is 3.09. The molecule has 2 aromatic rings. The van der Waals surface area contributed by atoms with Gasteiger partial charge in [0.25, 0.3) is 0 Å². The first-order valence-electron chi connectivity index (χ1n) is 9.02. The summed E-state index contributed by atoms with van der Waals surface area (Å²) in [5.41, 5.74) is 1.97. The van der Waals surface area contributed by atoms with Crippen LogP contribution < -0.4 is 0 Å². The molecule has 0 spiro atoms. The molecule has 0 N–H and O–H groups in total. The molecule has 1 aromatic carbocycles. The minimum absolute atomic E-state index is 0.714. The SMILES string of the molecule is CCCCc1noc(CN2CCN(Cc3ccc(C#N)cc3)CC2)n1. The molecule has 6 nitrogen and oxygen atoms in total. The number of hydrogen-bond donors (Lipinski definition) is 0. The molecule has 6 heteroatoms. The Morgan fingerprint density at radius 2 is 1.76 bits per heavy atom. The Hall–Kier alpha value is -2.23. The van der Waals surface area contributed by atoms with E-state index in [1.54, 1.807) is 0 Å². The lowest BCUT2D eigenvalue weighted by atomic mass is 10.1. The van der Waals surface area contributed by atoms with Crippen LogP contribution in [0.4, 0.5) is 0 Å². The zero-order chi connectivity index (χ0) is 17.5. The van der Waals surface area contributed by atoms with Gasteiger partial charge in [-0.15, -0.1) is 0 Å². The maximum atomic E-state index is 8.86. The molecule has 2 heterocycles. The van der Waals surface area contributed by atoms with Crippen molar-refractivity contribution in [3.8, 4) is 6.07 Å². The second-order valence-corrected chi connectivity index (χ2v) is 6.57. The van der Waals surface area contributed by atoms with Crippen molar-refractivity contribution in [2.24, 2.45) is 0 Å². The molecule has 0 atom stereocenters.